The predicted molar refractivity (Wildman–Crippen MR) is 54.3 cm³/mol. The summed E-state index contributed by atoms with van der Waals surface area (Å²) < 4.78 is 26.2. The molecule has 0 saturated heterocycles. The molecule has 0 heterocycles. The van der Waals surface area contributed by atoms with Gasteiger partial charge >= 0.3 is 37.7 Å². The van der Waals surface area contributed by atoms with Gasteiger partial charge in [0.25, 0.3) is 10.1 Å². The van der Waals surface area contributed by atoms with Crippen molar-refractivity contribution in [3.63, 3.8) is 0 Å². The van der Waals surface area contributed by atoms with Crippen LogP contribution in [-0.2, 0) is 14.3 Å². The molecular formula is C7H18CaO4S. The van der Waals surface area contributed by atoms with E-state index < -0.39 is 10.1 Å². The van der Waals surface area contributed by atoms with E-state index in [1.807, 2.05) is 6.92 Å². The van der Waals surface area contributed by atoms with Gasteiger partial charge in [-0.3, -0.25) is 4.18 Å². The van der Waals surface area contributed by atoms with E-state index in [4.69, 9.17) is 5.11 Å². The van der Waals surface area contributed by atoms with E-state index >= 15 is 0 Å². The van der Waals surface area contributed by atoms with Crippen molar-refractivity contribution in [2.75, 3.05) is 19.0 Å². The second-order valence-corrected chi connectivity index (χ2v) is 4.27. The molecule has 0 radical (unpaired) electrons. The zero-order valence-corrected chi connectivity index (χ0v) is 11.1. The van der Waals surface area contributed by atoms with Crippen molar-refractivity contribution in [1.29, 1.82) is 0 Å². The number of hydrogen-bond acceptors (Lipinski definition) is 4. The molecule has 13 heavy (non-hydrogen) atoms. The number of rotatable bonds is 7. The van der Waals surface area contributed by atoms with Gasteiger partial charge in [-0.2, -0.15) is 8.42 Å². The standard InChI is InChI=1S/C7H16O4S.Ca.2H/c1-2-3-4-6-11-12(9,10)7-5-8;;;/h8H,2-7H2,1H3;;;/q;+2;2*-1. The Morgan fingerprint density at radius 1 is 1.38 bits per heavy atom. The minimum Gasteiger partial charge on any atom is -1.00 e. The SMILES string of the molecule is CCCCCOS(=O)(=O)CCO.[Ca+2].[H-].[H-]. The minimum absolute atomic E-state index is 0. The molecule has 0 atom stereocenters. The van der Waals surface area contributed by atoms with Crippen LogP contribution in [0.3, 0.4) is 0 Å². The number of aliphatic hydroxyl groups is 1. The quantitative estimate of drug-likeness (QED) is 0.395. The maximum Gasteiger partial charge on any atom is 2.00 e. The average molecular weight is 238 g/mol. The van der Waals surface area contributed by atoms with E-state index in [9.17, 15) is 8.42 Å². The maximum atomic E-state index is 10.8. The summed E-state index contributed by atoms with van der Waals surface area (Å²) >= 11 is 0. The molecule has 78 valence electrons. The van der Waals surface area contributed by atoms with Crippen molar-refractivity contribution < 1.29 is 20.6 Å². The molecule has 0 saturated carbocycles. The molecule has 0 spiro atoms. The number of hydrogen-bond donors (Lipinski definition) is 1. The molecule has 0 bridgehead atoms. The molecule has 1 N–H and O–H groups in total. The van der Waals surface area contributed by atoms with Gasteiger partial charge in [0.15, 0.2) is 0 Å². The van der Waals surface area contributed by atoms with Gasteiger partial charge in [-0.25, -0.2) is 0 Å². The van der Waals surface area contributed by atoms with E-state index in [0.29, 0.717) is 0 Å². The molecular weight excluding hydrogens is 220 g/mol. The Kier molecular flexibility index (Phi) is 12.3. The van der Waals surface area contributed by atoms with Gasteiger partial charge in [0.1, 0.15) is 0 Å². The Labute approximate surface area is 113 Å². The molecule has 0 aromatic rings. The first-order valence-electron chi connectivity index (χ1n) is 4.10. The summed E-state index contributed by atoms with van der Waals surface area (Å²) in [6.07, 6.45) is 2.75. The maximum absolute atomic E-state index is 10.8. The predicted octanol–water partition coefficient (Wildman–Crippen LogP) is 0.360. The van der Waals surface area contributed by atoms with Crippen LogP contribution in [0.1, 0.15) is 29.0 Å². The zero-order valence-electron chi connectivity index (χ0n) is 10.0. The fourth-order valence-electron chi connectivity index (χ4n) is 0.709. The largest absolute Gasteiger partial charge is 2.00 e. The van der Waals surface area contributed by atoms with Gasteiger partial charge in [0.2, 0.25) is 0 Å². The van der Waals surface area contributed by atoms with Crippen LogP contribution in [-0.4, -0.2) is 70.2 Å². The van der Waals surface area contributed by atoms with Crippen LogP contribution in [0.25, 0.3) is 0 Å². The van der Waals surface area contributed by atoms with Gasteiger partial charge in [0, 0.05) is 0 Å². The minimum atomic E-state index is -3.46. The normalized spacial score (nSPS) is 10.9. The van der Waals surface area contributed by atoms with Gasteiger partial charge < -0.3 is 7.96 Å². The first kappa shape index (κ1) is 16.6. The van der Waals surface area contributed by atoms with Crippen molar-refractivity contribution in [2.24, 2.45) is 0 Å². The Morgan fingerprint density at radius 3 is 2.46 bits per heavy atom. The fraction of sp³-hybridized carbons (Fsp3) is 1.00. The third-order valence-corrected chi connectivity index (χ3v) is 2.56. The van der Waals surface area contributed by atoms with Gasteiger partial charge in [-0.1, -0.05) is 19.8 Å². The topological polar surface area (TPSA) is 63.6 Å². The van der Waals surface area contributed by atoms with Gasteiger partial charge in [-0.15, -0.1) is 0 Å². The van der Waals surface area contributed by atoms with E-state index in [2.05, 4.69) is 4.18 Å². The Hall–Kier alpha value is 1.13. The van der Waals surface area contributed by atoms with Gasteiger partial charge in [0.05, 0.1) is 19.0 Å². The number of unbranched alkanes of at least 4 members (excludes halogenated alkanes) is 2. The zero-order chi connectivity index (χ0) is 9.45. The second kappa shape index (κ2) is 9.68. The molecule has 0 unspecified atom stereocenters. The molecule has 0 amide bonds. The molecule has 0 aromatic carbocycles. The van der Waals surface area contributed by atoms with Gasteiger partial charge in [-0.05, 0) is 6.42 Å². The van der Waals surface area contributed by atoms with Crippen molar-refractivity contribution in [3.8, 4) is 0 Å². The monoisotopic (exact) mass is 238 g/mol. The molecule has 0 fully saturated rings. The third kappa shape index (κ3) is 11.1. The summed E-state index contributed by atoms with van der Waals surface area (Å²) in [5, 5.41) is 8.35. The second-order valence-electron chi connectivity index (χ2n) is 2.51. The first-order valence-corrected chi connectivity index (χ1v) is 5.68. The van der Waals surface area contributed by atoms with E-state index in [1.165, 1.54) is 0 Å². The first-order chi connectivity index (χ1) is 5.62. The Morgan fingerprint density at radius 2 is 2.00 bits per heavy atom. The molecule has 0 aliphatic carbocycles. The van der Waals surface area contributed by atoms with E-state index in [0.717, 1.165) is 19.3 Å². The number of aliphatic hydroxyl groups excluding tert-OH is 1. The summed E-state index contributed by atoms with van der Waals surface area (Å²) in [4.78, 5) is 0. The van der Waals surface area contributed by atoms with E-state index in [1.54, 1.807) is 0 Å². The fourth-order valence-corrected chi connectivity index (χ4v) is 1.42. The van der Waals surface area contributed by atoms with Crippen molar-refractivity contribution in [2.45, 2.75) is 26.2 Å². The van der Waals surface area contributed by atoms with Crippen LogP contribution in [0.2, 0.25) is 0 Å². The summed E-state index contributed by atoms with van der Waals surface area (Å²) in [6, 6.07) is 0. The van der Waals surface area contributed by atoms with Crippen LogP contribution < -0.4 is 0 Å². The Bertz CT molecular complexity index is 199. The van der Waals surface area contributed by atoms with Crippen molar-refractivity contribution in [3.05, 3.63) is 0 Å². The molecule has 4 nitrogen and oxygen atoms in total. The molecule has 0 aliphatic rings. The van der Waals surface area contributed by atoms with Crippen molar-refractivity contribution >= 4 is 47.9 Å². The smallest absolute Gasteiger partial charge is 1.00 e. The average Bonchev–Trinajstić information content (AvgIpc) is 1.98. The Balaban J connectivity index is -0.000000202. The summed E-state index contributed by atoms with van der Waals surface area (Å²) in [6.45, 7) is 1.88. The van der Waals surface area contributed by atoms with E-state index in [-0.39, 0.29) is 59.6 Å². The van der Waals surface area contributed by atoms with Crippen LogP contribution in [0, 0.1) is 0 Å². The van der Waals surface area contributed by atoms with Crippen molar-refractivity contribution in [1.82, 2.24) is 0 Å². The summed E-state index contributed by atoms with van der Waals surface area (Å²) in [5.41, 5.74) is 0. The third-order valence-electron chi connectivity index (χ3n) is 1.35. The summed E-state index contributed by atoms with van der Waals surface area (Å²) in [5.74, 6) is -0.306. The molecule has 6 heteroatoms. The van der Waals surface area contributed by atoms with Crippen LogP contribution >= 0.6 is 0 Å². The molecule has 0 aromatic heterocycles. The molecule has 0 rings (SSSR count). The van der Waals surface area contributed by atoms with Crippen LogP contribution in [0.15, 0.2) is 0 Å². The summed E-state index contributed by atoms with van der Waals surface area (Å²) in [7, 11) is -3.46. The van der Waals surface area contributed by atoms with Crippen LogP contribution in [0.5, 0.6) is 0 Å². The molecule has 0 aliphatic heterocycles. The van der Waals surface area contributed by atoms with Crippen LogP contribution in [0.4, 0.5) is 0 Å².